The molecule has 0 aliphatic carbocycles. The number of rotatable bonds is 3. The molecule has 0 bridgehead atoms. The fourth-order valence-corrected chi connectivity index (χ4v) is 2.44. The molecule has 11 heteroatoms. The van der Waals surface area contributed by atoms with Crippen LogP contribution in [-0.4, -0.2) is 27.3 Å². The van der Waals surface area contributed by atoms with Gasteiger partial charge in [0.05, 0.1) is 10.6 Å². The molecule has 0 amide bonds. The summed E-state index contributed by atoms with van der Waals surface area (Å²) in [6.07, 6.45) is -4.01. The van der Waals surface area contributed by atoms with E-state index in [1.54, 1.807) is 18.2 Å². The summed E-state index contributed by atoms with van der Waals surface area (Å²) in [6, 6.07) is 7.68. The first-order valence-electron chi connectivity index (χ1n) is 6.79. The fraction of sp³-hybridized carbons (Fsp3) is 0.0667. The Bertz CT molecular complexity index is 978. The van der Waals surface area contributed by atoms with Crippen LogP contribution in [0.2, 0.25) is 5.02 Å². The molecule has 134 valence electrons. The van der Waals surface area contributed by atoms with Gasteiger partial charge in [-0.3, -0.25) is 0 Å². The summed E-state index contributed by atoms with van der Waals surface area (Å²) in [7, 11) is 0. The van der Waals surface area contributed by atoms with Crippen molar-refractivity contribution in [2.75, 3.05) is 0 Å². The van der Waals surface area contributed by atoms with Gasteiger partial charge in [-0.2, -0.15) is 13.2 Å². The second-order valence-corrected chi connectivity index (χ2v) is 6.10. The molecule has 26 heavy (non-hydrogen) atoms. The molecule has 6 nitrogen and oxygen atoms in total. The third-order valence-corrected chi connectivity index (χ3v) is 3.83. The maximum Gasteiger partial charge on any atom is 0.491 e. The third kappa shape index (κ3) is 3.86. The average Bonchev–Trinajstić information content (AvgIpc) is 3.06. The lowest BCUT2D eigenvalue weighted by Gasteiger charge is -2.07. The van der Waals surface area contributed by atoms with E-state index < -0.39 is 18.0 Å². The first kappa shape index (κ1) is 18.3. The molecule has 0 N–H and O–H groups in total. The van der Waals surface area contributed by atoms with E-state index in [4.69, 9.17) is 16.0 Å². The number of hydrogen-bond acceptors (Lipinski definition) is 6. The molecule has 0 saturated carbocycles. The van der Waals surface area contributed by atoms with Crippen molar-refractivity contribution < 1.29 is 27.1 Å². The van der Waals surface area contributed by atoms with Crippen LogP contribution in [0.1, 0.15) is 0 Å². The molecular weight excluding hydrogens is 443 g/mol. The van der Waals surface area contributed by atoms with Crippen LogP contribution in [0.25, 0.3) is 22.9 Å². The minimum atomic E-state index is -5.17. The minimum Gasteiger partial charge on any atom is -0.416 e. The maximum absolute atomic E-state index is 12.4. The van der Waals surface area contributed by atoms with Gasteiger partial charge in [0.2, 0.25) is 11.8 Å². The highest BCUT2D eigenvalue weighted by molar-refractivity contribution is 9.10. The monoisotopic (exact) mass is 447 g/mol. The highest BCUT2D eigenvalue weighted by Gasteiger charge is 2.42. The average molecular weight is 449 g/mol. The highest BCUT2D eigenvalue weighted by atomic mass is 79.9. The Morgan fingerprint density at radius 1 is 1.15 bits per heavy atom. The van der Waals surface area contributed by atoms with Gasteiger partial charge in [0.15, 0.2) is 0 Å². The summed E-state index contributed by atoms with van der Waals surface area (Å²) >= 11 is 9.36. The topological polar surface area (TPSA) is 78.1 Å². The summed E-state index contributed by atoms with van der Waals surface area (Å²) in [5.41, 5.74) is 0.340. The van der Waals surface area contributed by atoms with Crippen LogP contribution in [0.15, 0.2) is 45.4 Å². The largest absolute Gasteiger partial charge is 0.491 e. The van der Waals surface area contributed by atoms with Crippen LogP contribution in [0.4, 0.5) is 13.2 Å². The number of hydrogen-bond donors (Lipinski definition) is 0. The van der Waals surface area contributed by atoms with Gasteiger partial charge in [0, 0.05) is 10.7 Å². The number of nitrogens with zero attached hydrogens (tertiary/aromatic N) is 3. The maximum atomic E-state index is 12.4. The standard InChI is InChI=1S/C15H6BrClF3N3O3/c16-7-3-4-10(17)9(6-7)13-23-22-12(25-13)8-2-1-5-21-11(8)26-14(24)15(18,19)20/h1-6H. The number of esters is 1. The van der Waals surface area contributed by atoms with Crippen molar-refractivity contribution in [1.29, 1.82) is 0 Å². The predicted octanol–water partition coefficient (Wildman–Crippen LogP) is 4.68. The molecule has 0 radical (unpaired) electrons. The quantitative estimate of drug-likeness (QED) is 0.541. The van der Waals surface area contributed by atoms with Gasteiger partial charge in [0.1, 0.15) is 5.56 Å². The smallest absolute Gasteiger partial charge is 0.416 e. The molecule has 1 aromatic carbocycles. The molecule has 0 unspecified atom stereocenters. The Morgan fingerprint density at radius 3 is 2.54 bits per heavy atom. The third-order valence-electron chi connectivity index (χ3n) is 3.01. The molecule has 0 aliphatic heterocycles. The number of benzene rings is 1. The van der Waals surface area contributed by atoms with Crippen LogP contribution in [0.5, 0.6) is 5.88 Å². The van der Waals surface area contributed by atoms with Crippen LogP contribution >= 0.6 is 27.5 Å². The lowest BCUT2D eigenvalue weighted by atomic mass is 10.2. The predicted molar refractivity (Wildman–Crippen MR) is 87.4 cm³/mol. The zero-order valence-corrected chi connectivity index (χ0v) is 14.8. The Balaban J connectivity index is 1.98. The van der Waals surface area contributed by atoms with Gasteiger partial charge >= 0.3 is 12.1 Å². The summed E-state index contributed by atoms with van der Waals surface area (Å²) in [4.78, 5) is 14.7. The van der Waals surface area contributed by atoms with Crippen LogP contribution in [-0.2, 0) is 4.79 Å². The molecule has 0 fully saturated rings. The van der Waals surface area contributed by atoms with Crippen molar-refractivity contribution in [2.24, 2.45) is 0 Å². The lowest BCUT2D eigenvalue weighted by molar-refractivity contribution is -0.189. The van der Waals surface area contributed by atoms with E-state index in [0.717, 1.165) is 6.20 Å². The molecule has 3 rings (SSSR count). The van der Waals surface area contributed by atoms with Gasteiger partial charge in [-0.15, -0.1) is 10.2 Å². The second kappa shape index (κ2) is 7.04. The van der Waals surface area contributed by atoms with Gasteiger partial charge in [0.25, 0.3) is 5.89 Å². The summed E-state index contributed by atoms with van der Waals surface area (Å²) in [5.74, 6) is -3.17. The van der Waals surface area contributed by atoms with E-state index in [9.17, 15) is 18.0 Å². The van der Waals surface area contributed by atoms with E-state index in [0.29, 0.717) is 15.1 Å². The Labute approximate surface area is 157 Å². The van der Waals surface area contributed by atoms with Gasteiger partial charge in [-0.25, -0.2) is 9.78 Å². The van der Waals surface area contributed by atoms with Gasteiger partial charge in [-0.1, -0.05) is 27.5 Å². The molecule has 3 aromatic rings. The lowest BCUT2D eigenvalue weighted by Crippen LogP contribution is -2.28. The number of alkyl halides is 3. The van der Waals surface area contributed by atoms with E-state index in [1.807, 2.05) is 0 Å². The number of carbonyl (C=O) groups is 1. The first-order valence-corrected chi connectivity index (χ1v) is 7.96. The summed E-state index contributed by atoms with van der Waals surface area (Å²) in [5, 5.41) is 7.91. The van der Waals surface area contributed by atoms with E-state index >= 15 is 0 Å². The Morgan fingerprint density at radius 2 is 1.85 bits per heavy atom. The fourth-order valence-electron chi connectivity index (χ4n) is 1.88. The number of carbonyl (C=O) groups excluding carboxylic acids is 1. The number of aromatic nitrogens is 3. The summed E-state index contributed by atoms with van der Waals surface area (Å²) in [6.45, 7) is 0. The van der Waals surface area contributed by atoms with E-state index in [1.165, 1.54) is 12.1 Å². The molecular formula is C15H6BrClF3N3O3. The normalized spacial score (nSPS) is 11.4. The zero-order chi connectivity index (χ0) is 18.9. The Kier molecular flexibility index (Phi) is 4.97. The van der Waals surface area contributed by atoms with E-state index in [-0.39, 0.29) is 17.3 Å². The van der Waals surface area contributed by atoms with Gasteiger partial charge in [-0.05, 0) is 30.3 Å². The molecule has 0 saturated heterocycles. The zero-order valence-electron chi connectivity index (χ0n) is 12.4. The van der Waals surface area contributed by atoms with Crippen LogP contribution in [0, 0.1) is 0 Å². The molecule has 0 spiro atoms. The highest BCUT2D eigenvalue weighted by Crippen LogP contribution is 2.34. The van der Waals surface area contributed by atoms with Crippen molar-refractivity contribution in [3.63, 3.8) is 0 Å². The minimum absolute atomic E-state index is 0.0308. The molecule has 2 aromatic heterocycles. The second-order valence-electron chi connectivity index (χ2n) is 4.78. The Hall–Kier alpha value is -2.46. The first-order chi connectivity index (χ1) is 12.3. The SMILES string of the molecule is O=C(Oc1ncccc1-c1nnc(-c2cc(Br)ccc2Cl)o1)C(F)(F)F. The molecule has 0 aliphatic rings. The van der Waals surface area contributed by atoms with Crippen molar-refractivity contribution in [3.8, 4) is 28.8 Å². The summed E-state index contributed by atoms with van der Waals surface area (Å²) < 4.78 is 47.7. The van der Waals surface area contributed by atoms with E-state index in [2.05, 4.69) is 35.8 Å². The van der Waals surface area contributed by atoms with Crippen LogP contribution < -0.4 is 4.74 Å². The van der Waals surface area contributed by atoms with Crippen LogP contribution in [0.3, 0.4) is 0 Å². The number of pyridine rings is 1. The van der Waals surface area contributed by atoms with Crippen molar-refractivity contribution in [3.05, 3.63) is 46.0 Å². The molecule has 0 atom stereocenters. The van der Waals surface area contributed by atoms with Gasteiger partial charge < -0.3 is 9.15 Å². The van der Waals surface area contributed by atoms with Crippen molar-refractivity contribution in [1.82, 2.24) is 15.2 Å². The number of ether oxygens (including phenoxy) is 1. The van der Waals surface area contributed by atoms with Crippen molar-refractivity contribution in [2.45, 2.75) is 6.18 Å². The molecule has 2 heterocycles. The van der Waals surface area contributed by atoms with Crippen molar-refractivity contribution >= 4 is 33.5 Å². The number of halogens is 5.